The van der Waals surface area contributed by atoms with E-state index in [9.17, 15) is 14.7 Å². The molecule has 134 valence electrons. The summed E-state index contributed by atoms with van der Waals surface area (Å²) in [7, 11) is 0. The normalized spacial score (nSPS) is 16.5. The fourth-order valence-corrected chi connectivity index (χ4v) is 5.06. The number of amides is 1. The molecular formula is C19H17ClN2O3S. The molecule has 1 aromatic carbocycles. The lowest BCUT2D eigenvalue weighted by molar-refractivity contribution is 0.102. The number of carbonyl (C=O) groups excluding carboxylic acids is 1. The highest BCUT2D eigenvalue weighted by Gasteiger charge is 2.27. The summed E-state index contributed by atoms with van der Waals surface area (Å²) in [6.07, 6.45) is 2.80. The Morgan fingerprint density at radius 1 is 1.42 bits per heavy atom. The number of carbonyl (C=O) groups is 1. The lowest BCUT2D eigenvalue weighted by atomic mass is 9.89. The summed E-state index contributed by atoms with van der Waals surface area (Å²) < 4.78 is 0. The predicted octanol–water partition coefficient (Wildman–Crippen LogP) is 4.33. The third-order valence-electron chi connectivity index (χ3n) is 4.75. The van der Waals surface area contributed by atoms with Gasteiger partial charge in [-0.2, -0.15) is 0 Å². The summed E-state index contributed by atoms with van der Waals surface area (Å²) >= 11 is 7.42. The van der Waals surface area contributed by atoms with Crippen LogP contribution in [0.3, 0.4) is 0 Å². The van der Waals surface area contributed by atoms with Gasteiger partial charge in [-0.15, -0.1) is 11.3 Å². The van der Waals surface area contributed by atoms with Crippen LogP contribution in [0, 0.1) is 5.92 Å². The molecule has 3 N–H and O–H groups in total. The first-order chi connectivity index (χ1) is 12.4. The van der Waals surface area contributed by atoms with Gasteiger partial charge in [0.05, 0.1) is 5.39 Å². The van der Waals surface area contributed by atoms with Gasteiger partial charge in [-0.3, -0.25) is 9.59 Å². The smallest absolute Gasteiger partial charge is 0.265 e. The van der Waals surface area contributed by atoms with Crippen LogP contribution in [0.4, 0.5) is 5.69 Å². The average Bonchev–Trinajstić information content (AvgIpc) is 2.91. The molecule has 0 radical (unpaired) electrons. The number of fused-ring (bicyclic) bond motifs is 3. The van der Waals surface area contributed by atoms with Crippen molar-refractivity contribution < 1.29 is 9.90 Å². The quantitative estimate of drug-likeness (QED) is 0.611. The van der Waals surface area contributed by atoms with Gasteiger partial charge in [0.15, 0.2) is 0 Å². The number of halogens is 1. The number of rotatable bonds is 2. The van der Waals surface area contributed by atoms with Crippen LogP contribution < -0.4 is 10.9 Å². The Kier molecular flexibility index (Phi) is 4.25. The van der Waals surface area contributed by atoms with Gasteiger partial charge in [0, 0.05) is 15.6 Å². The third-order valence-corrected chi connectivity index (χ3v) is 6.15. The van der Waals surface area contributed by atoms with Gasteiger partial charge in [-0.25, -0.2) is 0 Å². The highest BCUT2D eigenvalue weighted by atomic mass is 35.5. The summed E-state index contributed by atoms with van der Waals surface area (Å²) in [5.74, 6) is -0.317. The van der Waals surface area contributed by atoms with Crippen LogP contribution in [0.5, 0.6) is 5.75 Å². The van der Waals surface area contributed by atoms with Gasteiger partial charge in [0.2, 0.25) is 0 Å². The minimum Gasteiger partial charge on any atom is -0.506 e. The van der Waals surface area contributed by atoms with Crippen molar-refractivity contribution in [3.63, 3.8) is 0 Å². The van der Waals surface area contributed by atoms with Crippen molar-refractivity contribution in [1.29, 1.82) is 0 Å². The molecule has 3 aromatic rings. The monoisotopic (exact) mass is 388 g/mol. The van der Waals surface area contributed by atoms with Gasteiger partial charge in [0.1, 0.15) is 16.1 Å². The maximum atomic E-state index is 12.6. The van der Waals surface area contributed by atoms with Crippen LogP contribution in [0.25, 0.3) is 10.2 Å². The number of anilines is 1. The van der Waals surface area contributed by atoms with Crippen LogP contribution in [0.1, 0.15) is 34.1 Å². The number of aromatic nitrogens is 1. The van der Waals surface area contributed by atoms with E-state index in [-0.39, 0.29) is 11.3 Å². The Balaban J connectivity index is 1.80. The summed E-state index contributed by atoms with van der Waals surface area (Å²) in [4.78, 5) is 29.6. The number of pyridine rings is 1. The van der Waals surface area contributed by atoms with E-state index < -0.39 is 11.5 Å². The number of nitrogens with one attached hydrogen (secondary N) is 2. The highest BCUT2D eigenvalue weighted by Crippen LogP contribution is 2.41. The van der Waals surface area contributed by atoms with Crippen molar-refractivity contribution in [3.8, 4) is 5.75 Å². The first kappa shape index (κ1) is 17.1. The molecule has 2 aromatic heterocycles. The molecular weight excluding hydrogens is 372 g/mol. The Morgan fingerprint density at radius 3 is 3.00 bits per heavy atom. The van der Waals surface area contributed by atoms with Gasteiger partial charge in [-0.05, 0) is 48.9 Å². The summed E-state index contributed by atoms with van der Waals surface area (Å²) in [6.45, 7) is 2.19. The van der Waals surface area contributed by atoms with Gasteiger partial charge in [-0.1, -0.05) is 24.6 Å². The number of aryl methyl sites for hydroxylation is 1. The number of H-pyrrole nitrogens is 1. The van der Waals surface area contributed by atoms with Crippen LogP contribution in [0.15, 0.2) is 29.1 Å². The van der Waals surface area contributed by atoms with Gasteiger partial charge < -0.3 is 15.4 Å². The molecule has 1 amide bonds. The van der Waals surface area contributed by atoms with Crippen molar-refractivity contribution in [2.75, 3.05) is 5.32 Å². The van der Waals surface area contributed by atoms with Crippen molar-refractivity contribution >= 4 is 44.7 Å². The maximum absolute atomic E-state index is 12.6. The minimum atomic E-state index is -0.656. The Morgan fingerprint density at radius 2 is 2.23 bits per heavy atom. The Hall–Kier alpha value is -2.31. The molecule has 1 aliphatic carbocycles. The second-order valence-corrected chi connectivity index (χ2v) is 8.24. The van der Waals surface area contributed by atoms with E-state index in [0.717, 1.165) is 24.8 Å². The third kappa shape index (κ3) is 2.89. The predicted molar refractivity (Wildman–Crippen MR) is 105 cm³/mol. The molecule has 0 fully saturated rings. The number of thiophene rings is 1. The number of hydrogen-bond acceptors (Lipinski definition) is 4. The summed E-state index contributed by atoms with van der Waals surface area (Å²) in [6, 6.07) is 6.63. The van der Waals surface area contributed by atoms with E-state index in [0.29, 0.717) is 26.8 Å². The average molecular weight is 389 g/mol. The number of aromatic hydroxyl groups is 1. The zero-order valence-electron chi connectivity index (χ0n) is 14.1. The molecule has 5 nitrogen and oxygen atoms in total. The molecule has 4 rings (SSSR count). The molecule has 0 unspecified atom stereocenters. The van der Waals surface area contributed by atoms with E-state index in [1.165, 1.54) is 16.2 Å². The molecule has 7 heteroatoms. The number of hydrogen-bond donors (Lipinski definition) is 3. The highest BCUT2D eigenvalue weighted by molar-refractivity contribution is 7.18. The second kappa shape index (κ2) is 6.45. The fraction of sp³-hybridized carbons (Fsp3) is 0.263. The molecule has 0 spiro atoms. The van der Waals surface area contributed by atoms with Crippen molar-refractivity contribution in [2.45, 2.75) is 26.2 Å². The van der Waals surface area contributed by atoms with Crippen molar-refractivity contribution in [3.05, 3.63) is 55.6 Å². The zero-order chi connectivity index (χ0) is 18.4. The topological polar surface area (TPSA) is 82.2 Å². The van der Waals surface area contributed by atoms with E-state index in [4.69, 9.17) is 11.6 Å². The van der Waals surface area contributed by atoms with Crippen LogP contribution in [-0.2, 0) is 12.8 Å². The summed E-state index contributed by atoms with van der Waals surface area (Å²) in [5, 5.41) is 14.4. The first-order valence-electron chi connectivity index (χ1n) is 8.40. The van der Waals surface area contributed by atoms with Gasteiger partial charge >= 0.3 is 0 Å². The minimum absolute atomic E-state index is 0.240. The molecule has 0 saturated heterocycles. The van der Waals surface area contributed by atoms with Crippen molar-refractivity contribution in [1.82, 2.24) is 4.98 Å². The van der Waals surface area contributed by atoms with Crippen LogP contribution >= 0.6 is 22.9 Å². The Labute approximate surface area is 158 Å². The zero-order valence-corrected chi connectivity index (χ0v) is 15.6. The molecule has 1 atom stereocenters. The standard InChI is InChI=1S/C19H17ClN2O3S/c1-9-5-6-12-13(7-9)26-19-14(12)16(23)15(18(25)22-19)17(24)21-11-4-2-3-10(20)8-11/h2-4,8-9H,5-7H2,1H3,(H,21,24)(H2,22,23,25)/t9-/m1/s1. The van der Waals surface area contributed by atoms with Gasteiger partial charge in [0.25, 0.3) is 11.5 Å². The van der Waals surface area contributed by atoms with Crippen molar-refractivity contribution in [2.24, 2.45) is 5.92 Å². The number of aromatic amines is 1. The molecule has 26 heavy (non-hydrogen) atoms. The molecule has 2 heterocycles. The lowest BCUT2D eigenvalue weighted by Crippen LogP contribution is -2.23. The van der Waals surface area contributed by atoms with Crippen LogP contribution in [-0.4, -0.2) is 16.0 Å². The van der Waals surface area contributed by atoms with E-state index in [2.05, 4.69) is 17.2 Å². The molecule has 0 bridgehead atoms. The van der Waals surface area contributed by atoms with E-state index in [1.54, 1.807) is 24.3 Å². The first-order valence-corrected chi connectivity index (χ1v) is 9.60. The van der Waals surface area contributed by atoms with Crippen LogP contribution in [0.2, 0.25) is 5.02 Å². The molecule has 1 aliphatic rings. The lowest BCUT2D eigenvalue weighted by Gasteiger charge is -2.18. The number of benzene rings is 1. The summed E-state index contributed by atoms with van der Waals surface area (Å²) in [5.41, 5.74) is 0.647. The SMILES string of the molecule is C[C@@H]1CCc2c(sc3[nH]c(=O)c(C(=O)Nc4cccc(Cl)c4)c(O)c23)C1. The Bertz CT molecular complexity index is 1090. The second-order valence-electron chi connectivity index (χ2n) is 6.70. The maximum Gasteiger partial charge on any atom is 0.265 e. The van der Waals surface area contributed by atoms with E-state index >= 15 is 0 Å². The molecule has 0 saturated carbocycles. The fourth-order valence-electron chi connectivity index (χ4n) is 3.46. The van der Waals surface area contributed by atoms with E-state index in [1.807, 2.05) is 0 Å². The molecule has 0 aliphatic heterocycles. The largest absolute Gasteiger partial charge is 0.506 e.